The van der Waals surface area contributed by atoms with E-state index in [4.69, 9.17) is 14.6 Å². The van der Waals surface area contributed by atoms with Gasteiger partial charge in [-0.25, -0.2) is 0 Å². The zero-order chi connectivity index (χ0) is 15.7. The largest absolute Gasteiger partial charge is 0.490 e. The van der Waals surface area contributed by atoms with Crippen molar-refractivity contribution in [2.24, 2.45) is 0 Å². The number of carbonyl (C=O) groups is 1. The van der Waals surface area contributed by atoms with Crippen LogP contribution >= 0.6 is 0 Å². The van der Waals surface area contributed by atoms with Gasteiger partial charge in [0.1, 0.15) is 0 Å². The Morgan fingerprint density at radius 2 is 1.76 bits per heavy atom. The van der Waals surface area contributed by atoms with Gasteiger partial charge in [0, 0.05) is 24.8 Å². The highest BCUT2D eigenvalue weighted by molar-refractivity contribution is 5.68. The van der Waals surface area contributed by atoms with Gasteiger partial charge in [-0.3, -0.25) is 4.79 Å². The van der Waals surface area contributed by atoms with E-state index in [0.717, 1.165) is 24.4 Å². The third-order valence-electron chi connectivity index (χ3n) is 2.98. The van der Waals surface area contributed by atoms with Crippen molar-refractivity contribution in [1.29, 1.82) is 0 Å². The van der Waals surface area contributed by atoms with Crippen LogP contribution in [0.15, 0.2) is 18.2 Å². The summed E-state index contributed by atoms with van der Waals surface area (Å²) < 4.78 is 11.2. The average molecular weight is 295 g/mol. The Kier molecular flexibility index (Phi) is 7.43. The molecule has 1 aromatic rings. The SMILES string of the molecule is CCCN(CCC(=O)O)c1ccc(OCC)c(OCC)c1. The molecule has 1 aromatic carbocycles. The van der Waals surface area contributed by atoms with Gasteiger partial charge in [0.05, 0.1) is 19.6 Å². The lowest BCUT2D eigenvalue weighted by Gasteiger charge is -2.24. The van der Waals surface area contributed by atoms with E-state index < -0.39 is 5.97 Å². The van der Waals surface area contributed by atoms with Gasteiger partial charge >= 0.3 is 5.97 Å². The molecule has 0 aliphatic heterocycles. The lowest BCUT2D eigenvalue weighted by molar-refractivity contribution is -0.136. The molecule has 118 valence electrons. The van der Waals surface area contributed by atoms with Crippen LogP contribution in [0.1, 0.15) is 33.6 Å². The molecule has 21 heavy (non-hydrogen) atoms. The van der Waals surface area contributed by atoms with E-state index in [1.807, 2.05) is 32.0 Å². The molecular formula is C16H25NO4. The van der Waals surface area contributed by atoms with E-state index in [0.29, 0.717) is 25.5 Å². The van der Waals surface area contributed by atoms with Crippen molar-refractivity contribution in [3.8, 4) is 11.5 Å². The molecule has 5 nitrogen and oxygen atoms in total. The fourth-order valence-electron chi connectivity index (χ4n) is 2.11. The maximum Gasteiger partial charge on any atom is 0.305 e. The molecule has 0 saturated heterocycles. The highest BCUT2D eigenvalue weighted by Gasteiger charge is 2.12. The van der Waals surface area contributed by atoms with E-state index in [1.165, 1.54) is 0 Å². The lowest BCUT2D eigenvalue weighted by Crippen LogP contribution is -2.27. The molecule has 0 amide bonds. The number of hydrogen-bond acceptors (Lipinski definition) is 4. The van der Waals surface area contributed by atoms with Crippen LogP contribution in [0, 0.1) is 0 Å². The van der Waals surface area contributed by atoms with Crippen molar-refractivity contribution in [2.45, 2.75) is 33.6 Å². The summed E-state index contributed by atoms with van der Waals surface area (Å²) in [5.41, 5.74) is 0.963. The third kappa shape index (κ3) is 5.53. The van der Waals surface area contributed by atoms with Gasteiger partial charge in [-0.05, 0) is 32.4 Å². The van der Waals surface area contributed by atoms with E-state index in [2.05, 4.69) is 11.8 Å². The number of nitrogens with zero attached hydrogens (tertiary/aromatic N) is 1. The number of benzene rings is 1. The molecule has 1 N–H and O–H groups in total. The van der Waals surface area contributed by atoms with E-state index in [9.17, 15) is 4.79 Å². The Morgan fingerprint density at radius 1 is 1.10 bits per heavy atom. The predicted octanol–water partition coefficient (Wildman–Crippen LogP) is 3.18. The Bertz CT molecular complexity index is 448. The number of carboxylic acids is 1. The number of hydrogen-bond donors (Lipinski definition) is 1. The Balaban J connectivity index is 2.95. The number of rotatable bonds is 10. The Hall–Kier alpha value is -1.91. The van der Waals surface area contributed by atoms with Gasteiger partial charge in [-0.15, -0.1) is 0 Å². The molecule has 0 atom stereocenters. The molecule has 0 saturated carbocycles. The number of anilines is 1. The molecule has 5 heteroatoms. The molecule has 0 unspecified atom stereocenters. The van der Waals surface area contributed by atoms with Crippen molar-refractivity contribution in [1.82, 2.24) is 0 Å². The Morgan fingerprint density at radius 3 is 2.33 bits per heavy atom. The van der Waals surface area contributed by atoms with Crippen LogP contribution in [0.3, 0.4) is 0 Å². The summed E-state index contributed by atoms with van der Waals surface area (Å²) in [4.78, 5) is 12.8. The van der Waals surface area contributed by atoms with Crippen LogP contribution in [0.25, 0.3) is 0 Å². The molecule has 0 bridgehead atoms. The minimum absolute atomic E-state index is 0.122. The lowest BCUT2D eigenvalue weighted by atomic mass is 10.2. The van der Waals surface area contributed by atoms with Gasteiger partial charge in [-0.1, -0.05) is 6.92 Å². The molecule has 0 aromatic heterocycles. The topological polar surface area (TPSA) is 59.0 Å². The van der Waals surface area contributed by atoms with Crippen LogP contribution < -0.4 is 14.4 Å². The molecule has 0 aliphatic rings. The fraction of sp³-hybridized carbons (Fsp3) is 0.562. The van der Waals surface area contributed by atoms with Crippen LogP contribution in [0.2, 0.25) is 0 Å². The summed E-state index contributed by atoms with van der Waals surface area (Å²) in [7, 11) is 0. The van der Waals surface area contributed by atoms with E-state index in [-0.39, 0.29) is 6.42 Å². The third-order valence-corrected chi connectivity index (χ3v) is 2.98. The van der Waals surface area contributed by atoms with Gasteiger partial charge < -0.3 is 19.5 Å². The van der Waals surface area contributed by atoms with E-state index in [1.54, 1.807) is 0 Å². The highest BCUT2D eigenvalue weighted by Crippen LogP contribution is 2.32. The number of carboxylic acid groups (broad SMARTS) is 1. The van der Waals surface area contributed by atoms with Crippen molar-refractivity contribution in [3.05, 3.63) is 18.2 Å². The van der Waals surface area contributed by atoms with Crippen molar-refractivity contribution in [3.63, 3.8) is 0 Å². The quantitative estimate of drug-likeness (QED) is 0.718. The summed E-state index contributed by atoms with van der Waals surface area (Å²) in [5, 5.41) is 8.86. The van der Waals surface area contributed by atoms with Crippen molar-refractivity contribution < 1.29 is 19.4 Å². The minimum Gasteiger partial charge on any atom is -0.490 e. The smallest absolute Gasteiger partial charge is 0.305 e. The zero-order valence-electron chi connectivity index (χ0n) is 13.1. The van der Waals surface area contributed by atoms with Crippen LogP contribution in [0.5, 0.6) is 11.5 Å². The normalized spacial score (nSPS) is 10.2. The second-order valence-electron chi connectivity index (χ2n) is 4.63. The highest BCUT2D eigenvalue weighted by atomic mass is 16.5. The Labute approximate surface area is 126 Å². The number of ether oxygens (including phenoxy) is 2. The van der Waals surface area contributed by atoms with E-state index >= 15 is 0 Å². The zero-order valence-corrected chi connectivity index (χ0v) is 13.1. The average Bonchev–Trinajstić information content (AvgIpc) is 2.45. The monoisotopic (exact) mass is 295 g/mol. The predicted molar refractivity (Wildman–Crippen MR) is 83.5 cm³/mol. The first-order valence-corrected chi connectivity index (χ1v) is 7.48. The van der Waals surface area contributed by atoms with Gasteiger partial charge in [0.2, 0.25) is 0 Å². The second kappa shape index (κ2) is 9.10. The first kappa shape index (κ1) is 17.1. The molecule has 0 radical (unpaired) electrons. The molecule has 0 spiro atoms. The van der Waals surface area contributed by atoms with Crippen molar-refractivity contribution in [2.75, 3.05) is 31.2 Å². The van der Waals surface area contributed by atoms with Gasteiger partial charge in [0.25, 0.3) is 0 Å². The molecular weight excluding hydrogens is 270 g/mol. The van der Waals surface area contributed by atoms with Gasteiger partial charge in [0.15, 0.2) is 11.5 Å². The van der Waals surface area contributed by atoms with Crippen LogP contribution in [0.4, 0.5) is 5.69 Å². The molecule has 0 aliphatic carbocycles. The van der Waals surface area contributed by atoms with Crippen LogP contribution in [-0.2, 0) is 4.79 Å². The van der Waals surface area contributed by atoms with Crippen LogP contribution in [-0.4, -0.2) is 37.4 Å². The fourth-order valence-corrected chi connectivity index (χ4v) is 2.11. The maximum atomic E-state index is 10.8. The molecule has 0 fully saturated rings. The minimum atomic E-state index is -0.785. The summed E-state index contributed by atoms with van der Waals surface area (Å²) in [5.74, 6) is 0.637. The van der Waals surface area contributed by atoms with Crippen molar-refractivity contribution >= 4 is 11.7 Å². The summed E-state index contributed by atoms with van der Waals surface area (Å²) in [6.07, 6.45) is 1.08. The standard InChI is InChI=1S/C16H25NO4/c1-4-10-17(11-9-16(18)19)13-7-8-14(20-5-2)15(12-13)21-6-3/h7-8,12H,4-6,9-11H2,1-3H3,(H,18,19). The molecule has 1 rings (SSSR count). The summed E-state index contributed by atoms with van der Waals surface area (Å²) in [6, 6.07) is 5.75. The molecule has 0 heterocycles. The number of aliphatic carboxylic acids is 1. The maximum absolute atomic E-state index is 10.8. The summed E-state index contributed by atoms with van der Waals surface area (Å²) in [6.45, 7) is 8.38. The van der Waals surface area contributed by atoms with Gasteiger partial charge in [-0.2, -0.15) is 0 Å². The summed E-state index contributed by atoms with van der Waals surface area (Å²) >= 11 is 0. The second-order valence-corrected chi connectivity index (χ2v) is 4.63. The first-order valence-electron chi connectivity index (χ1n) is 7.48. The first-order chi connectivity index (χ1) is 10.1.